The largest absolute Gasteiger partial charge is 0.480 e. The lowest BCUT2D eigenvalue weighted by Crippen LogP contribution is -2.46. The van der Waals surface area contributed by atoms with Crippen molar-refractivity contribution in [1.29, 1.82) is 0 Å². The van der Waals surface area contributed by atoms with Gasteiger partial charge >= 0.3 is 5.97 Å². The number of nitrogens with two attached hydrogens (primary N) is 1. The molecule has 0 spiro atoms. The first-order valence-corrected chi connectivity index (χ1v) is 7.08. The molecule has 0 heterocycles. The maximum absolute atomic E-state index is 11.1. The standard InChI is InChI=1S/C14H25NO3/c1-9-3-4-11(7-10(9)2)18-12-5-6-14(15,8-12)13(16)17/h9-12H,3-8,15H2,1-2H3,(H,16,17). The molecule has 0 radical (unpaired) electrons. The van der Waals surface area contributed by atoms with Crippen LogP contribution in [-0.2, 0) is 9.53 Å². The van der Waals surface area contributed by atoms with Crippen molar-refractivity contribution < 1.29 is 14.6 Å². The minimum Gasteiger partial charge on any atom is -0.480 e. The molecule has 3 N–H and O–H groups in total. The van der Waals surface area contributed by atoms with Gasteiger partial charge in [0.2, 0.25) is 0 Å². The Morgan fingerprint density at radius 1 is 1.22 bits per heavy atom. The topological polar surface area (TPSA) is 72.5 Å². The molecule has 0 aromatic rings. The molecule has 2 aliphatic rings. The summed E-state index contributed by atoms with van der Waals surface area (Å²) in [4.78, 5) is 11.1. The minimum absolute atomic E-state index is 0.0386. The second-order valence-electron chi connectivity index (χ2n) is 6.35. The van der Waals surface area contributed by atoms with Crippen molar-refractivity contribution in [2.75, 3.05) is 0 Å². The number of hydrogen-bond acceptors (Lipinski definition) is 3. The van der Waals surface area contributed by atoms with Crippen LogP contribution in [0.2, 0.25) is 0 Å². The molecule has 5 unspecified atom stereocenters. The summed E-state index contributed by atoms with van der Waals surface area (Å²) in [5, 5.41) is 9.09. The van der Waals surface area contributed by atoms with E-state index >= 15 is 0 Å². The SMILES string of the molecule is CC1CCC(OC2CCC(N)(C(=O)O)C2)CC1C. The number of carboxylic acid groups (broad SMARTS) is 1. The number of carbonyl (C=O) groups is 1. The molecule has 0 aromatic heterocycles. The second kappa shape index (κ2) is 5.17. The summed E-state index contributed by atoms with van der Waals surface area (Å²) in [6.07, 6.45) is 5.53. The second-order valence-corrected chi connectivity index (χ2v) is 6.35. The van der Waals surface area contributed by atoms with E-state index in [0.29, 0.717) is 24.9 Å². The quantitative estimate of drug-likeness (QED) is 0.810. The van der Waals surface area contributed by atoms with Crippen LogP contribution >= 0.6 is 0 Å². The Kier molecular flexibility index (Phi) is 3.97. The zero-order valence-corrected chi connectivity index (χ0v) is 11.4. The summed E-state index contributed by atoms with van der Waals surface area (Å²) in [5.41, 5.74) is 4.81. The lowest BCUT2D eigenvalue weighted by molar-refractivity contribution is -0.143. The first-order chi connectivity index (χ1) is 8.40. The lowest BCUT2D eigenvalue weighted by Gasteiger charge is -2.33. The summed E-state index contributed by atoms with van der Waals surface area (Å²) in [7, 11) is 0. The van der Waals surface area contributed by atoms with Gasteiger partial charge in [0.1, 0.15) is 5.54 Å². The van der Waals surface area contributed by atoms with Crippen molar-refractivity contribution in [2.45, 2.75) is 70.1 Å². The van der Waals surface area contributed by atoms with Crippen LogP contribution in [0.15, 0.2) is 0 Å². The Labute approximate surface area is 109 Å². The summed E-state index contributed by atoms with van der Waals surface area (Å²) < 4.78 is 6.07. The Hall–Kier alpha value is -0.610. The van der Waals surface area contributed by atoms with Crippen molar-refractivity contribution >= 4 is 5.97 Å². The van der Waals surface area contributed by atoms with Gasteiger partial charge in [0.25, 0.3) is 0 Å². The van der Waals surface area contributed by atoms with Gasteiger partial charge in [-0.3, -0.25) is 4.79 Å². The molecule has 0 bridgehead atoms. The highest BCUT2D eigenvalue weighted by Crippen LogP contribution is 2.36. The highest BCUT2D eigenvalue weighted by Gasteiger charge is 2.43. The number of aliphatic carboxylic acids is 1. The normalized spacial score (nSPS) is 45.1. The third kappa shape index (κ3) is 2.86. The molecule has 0 amide bonds. The van der Waals surface area contributed by atoms with E-state index < -0.39 is 11.5 Å². The molecule has 2 saturated carbocycles. The molecule has 2 aliphatic carbocycles. The molecular formula is C14H25NO3. The van der Waals surface area contributed by atoms with Gasteiger partial charge in [-0.2, -0.15) is 0 Å². The van der Waals surface area contributed by atoms with Crippen molar-refractivity contribution in [3.63, 3.8) is 0 Å². The Bertz CT molecular complexity index is 320. The molecule has 0 aliphatic heterocycles. The molecule has 0 saturated heterocycles. The fraction of sp³-hybridized carbons (Fsp3) is 0.929. The number of carboxylic acids is 1. The van der Waals surface area contributed by atoms with Crippen molar-refractivity contribution in [2.24, 2.45) is 17.6 Å². The monoisotopic (exact) mass is 255 g/mol. The average Bonchev–Trinajstić information content (AvgIpc) is 2.67. The molecule has 4 heteroatoms. The first kappa shape index (κ1) is 13.8. The minimum atomic E-state index is -1.06. The number of ether oxygens (including phenoxy) is 1. The van der Waals surface area contributed by atoms with E-state index in [0.717, 1.165) is 25.2 Å². The number of rotatable bonds is 3. The van der Waals surface area contributed by atoms with Crippen LogP contribution in [0.4, 0.5) is 0 Å². The van der Waals surface area contributed by atoms with Crippen LogP contribution in [0, 0.1) is 11.8 Å². The molecule has 104 valence electrons. The maximum Gasteiger partial charge on any atom is 0.323 e. The fourth-order valence-corrected chi connectivity index (χ4v) is 3.23. The zero-order chi connectivity index (χ0) is 13.3. The predicted molar refractivity (Wildman–Crippen MR) is 69.2 cm³/mol. The summed E-state index contributed by atoms with van der Waals surface area (Å²) in [5.74, 6) is 0.590. The lowest BCUT2D eigenvalue weighted by atomic mass is 9.80. The molecule has 2 rings (SSSR count). The van der Waals surface area contributed by atoms with Crippen LogP contribution in [0.5, 0.6) is 0 Å². The van der Waals surface area contributed by atoms with Gasteiger partial charge in [0.05, 0.1) is 12.2 Å². The van der Waals surface area contributed by atoms with Crippen molar-refractivity contribution in [3.8, 4) is 0 Å². The van der Waals surface area contributed by atoms with Crippen LogP contribution in [0.25, 0.3) is 0 Å². The zero-order valence-electron chi connectivity index (χ0n) is 11.4. The van der Waals surface area contributed by atoms with Gasteiger partial charge in [-0.1, -0.05) is 13.8 Å². The van der Waals surface area contributed by atoms with Crippen LogP contribution in [0.1, 0.15) is 52.4 Å². The van der Waals surface area contributed by atoms with E-state index in [1.807, 2.05) is 0 Å². The maximum atomic E-state index is 11.1. The summed E-state index contributed by atoms with van der Waals surface area (Å²) in [6, 6.07) is 0. The molecule has 2 fully saturated rings. The van der Waals surface area contributed by atoms with E-state index in [9.17, 15) is 4.79 Å². The average molecular weight is 255 g/mol. The van der Waals surface area contributed by atoms with E-state index in [4.69, 9.17) is 15.6 Å². The third-order valence-electron chi connectivity index (χ3n) is 4.87. The molecule has 18 heavy (non-hydrogen) atoms. The van der Waals surface area contributed by atoms with Gasteiger partial charge in [-0.25, -0.2) is 0 Å². The Morgan fingerprint density at radius 2 is 1.94 bits per heavy atom. The highest BCUT2D eigenvalue weighted by atomic mass is 16.5. The van der Waals surface area contributed by atoms with Gasteiger partial charge in [-0.15, -0.1) is 0 Å². The van der Waals surface area contributed by atoms with Crippen LogP contribution < -0.4 is 5.73 Å². The van der Waals surface area contributed by atoms with Crippen molar-refractivity contribution in [1.82, 2.24) is 0 Å². The summed E-state index contributed by atoms with van der Waals surface area (Å²) >= 11 is 0. The van der Waals surface area contributed by atoms with Crippen LogP contribution in [0.3, 0.4) is 0 Å². The molecule has 4 nitrogen and oxygen atoms in total. The van der Waals surface area contributed by atoms with E-state index in [1.54, 1.807) is 0 Å². The van der Waals surface area contributed by atoms with E-state index in [1.165, 1.54) is 6.42 Å². The van der Waals surface area contributed by atoms with Gasteiger partial charge in [-0.05, 0) is 43.9 Å². The predicted octanol–water partition coefficient (Wildman–Crippen LogP) is 2.16. The Balaban J connectivity index is 1.83. The van der Waals surface area contributed by atoms with E-state index in [-0.39, 0.29) is 6.10 Å². The van der Waals surface area contributed by atoms with Crippen molar-refractivity contribution in [3.05, 3.63) is 0 Å². The number of hydrogen-bond donors (Lipinski definition) is 2. The summed E-state index contributed by atoms with van der Waals surface area (Å²) in [6.45, 7) is 4.57. The molecule has 5 atom stereocenters. The molecular weight excluding hydrogens is 230 g/mol. The Morgan fingerprint density at radius 3 is 2.50 bits per heavy atom. The van der Waals surface area contributed by atoms with Crippen LogP contribution in [-0.4, -0.2) is 28.8 Å². The fourth-order valence-electron chi connectivity index (χ4n) is 3.23. The highest BCUT2D eigenvalue weighted by molar-refractivity contribution is 5.78. The third-order valence-corrected chi connectivity index (χ3v) is 4.87. The van der Waals surface area contributed by atoms with E-state index in [2.05, 4.69) is 13.8 Å². The molecule has 0 aromatic carbocycles. The van der Waals surface area contributed by atoms with Gasteiger partial charge in [0.15, 0.2) is 0 Å². The smallest absolute Gasteiger partial charge is 0.323 e. The van der Waals surface area contributed by atoms with Gasteiger partial charge in [0, 0.05) is 6.42 Å². The first-order valence-electron chi connectivity index (χ1n) is 7.08. The van der Waals surface area contributed by atoms with Gasteiger partial charge < -0.3 is 15.6 Å².